The van der Waals surface area contributed by atoms with Gasteiger partial charge in [0.05, 0.1) is 22.7 Å². The van der Waals surface area contributed by atoms with Crippen molar-refractivity contribution in [2.45, 2.75) is 20.4 Å². The molecule has 0 radical (unpaired) electrons. The number of nitrogens with one attached hydrogen (secondary N) is 1. The zero-order valence-corrected chi connectivity index (χ0v) is 11.0. The summed E-state index contributed by atoms with van der Waals surface area (Å²) in [5, 5.41) is 22.2. The third-order valence-corrected chi connectivity index (χ3v) is 3.15. The number of hydrogen-bond acceptors (Lipinski definition) is 6. The van der Waals surface area contributed by atoms with Crippen LogP contribution in [0.3, 0.4) is 0 Å². The Morgan fingerprint density at radius 2 is 1.67 bits per heavy atom. The van der Waals surface area contributed by atoms with Gasteiger partial charge in [0.25, 0.3) is 10.1 Å². The summed E-state index contributed by atoms with van der Waals surface area (Å²) in [6.45, 7) is 3.29. The smallest absolute Gasteiger partial charge is 0.266 e. The van der Waals surface area contributed by atoms with E-state index < -0.39 is 15.9 Å². The van der Waals surface area contributed by atoms with Crippen LogP contribution in [0, 0.1) is 13.8 Å². The molecule has 18 heavy (non-hydrogen) atoms. The molecule has 0 saturated carbocycles. The standard InChI is InChI=1S/C10H16N2O5S/c1-6-9(13)8(10(14)7(2)12-6)5-11-3-4-18(15,16)17/h11,13-14H,3-5H2,1-2H3,(H,15,16,17). The molecule has 0 spiro atoms. The molecule has 7 nitrogen and oxygen atoms in total. The van der Waals surface area contributed by atoms with Crippen molar-refractivity contribution in [3.05, 3.63) is 17.0 Å². The van der Waals surface area contributed by atoms with E-state index in [0.717, 1.165) is 0 Å². The second-order valence-corrected chi connectivity index (χ2v) is 5.49. The van der Waals surface area contributed by atoms with Crippen LogP contribution in [-0.4, -0.2) is 40.5 Å². The van der Waals surface area contributed by atoms with E-state index >= 15 is 0 Å². The summed E-state index contributed by atoms with van der Waals surface area (Å²) < 4.78 is 29.5. The second-order valence-electron chi connectivity index (χ2n) is 3.92. The Bertz CT molecular complexity index is 515. The molecule has 4 N–H and O–H groups in total. The van der Waals surface area contributed by atoms with Crippen molar-refractivity contribution in [3.8, 4) is 11.5 Å². The lowest BCUT2D eigenvalue weighted by molar-refractivity contribution is 0.422. The summed E-state index contributed by atoms with van der Waals surface area (Å²) in [7, 11) is -4.01. The summed E-state index contributed by atoms with van der Waals surface area (Å²) in [5.74, 6) is -0.688. The van der Waals surface area contributed by atoms with E-state index in [9.17, 15) is 18.6 Å². The predicted octanol–water partition coefficient (Wildman–Crippen LogP) is 0.0870. The average molecular weight is 276 g/mol. The summed E-state index contributed by atoms with van der Waals surface area (Å²) in [4.78, 5) is 3.94. The number of rotatable bonds is 5. The second kappa shape index (κ2) is 5.51. The topological polar surface area (TPSA) is 120 Å². The maximum Gasteiger partial charge on any atom is 0.266 e. The van der Waals surface area contributed by atoms with Gasteiger partial charge < -0.3 is 15.5 Å². The molecule has 0 saturated heterocycles. The van der Waals surface area contributed by atoms with E-state index in [0.29, 0.717) is 11.4 Å². The average Bonchev–Trinajstić information content (AvgIpc) is 2.24. The van der Waals surface area contributed by atoms with Crippen LogP contribution in [0.15, 0.2) is 0 Å². The lowest BCUT2D eigenvalue weighted by Gasteiger charge is -2.12. The molecule has 8 heteroatoms. The minimum Gasteiger partial charge on any atom is -0.506 e. The Hall–Kier alpha value is -1.38. The van der Waals surface area contributed by atoms with Gasteiger partial charge in [-0.05, 0) is 13.8 Å². The Kier molecular flexibility index (Phi) is 4.49. The molecule has 1 rings (SSSR count). The fourth-order valence-electron chi connectivity index (χ4n) is 1.49. The van der Waals surface area contributed by atoms with Gasteiger partial charge in [-0.3, -0.25) is 9.54 Å². The van der Waals surface area contributed by atoms with Crippen LogP contribution in [0.2, 0.25) is 0 Å². The molecule has 0 aromatic carbocycles. The van der Waals surface area contributed by atoms with Crippen LogP contribution < -0.4 is 5.32 Å². The molecule has 102 valence electrons. The van der Waals surface area contributed by atoms with E-state index in [1.54, 1.807) is 13.8 Å². The Morgan fingerprint density at radius 1 is 1.17 bits per heavy atom. The lowest BCUT2D eigenvalue weighted by atomic mass is 10.1. The highest BCUT2D eigenvalue weighted by molar-refractivity contribution is 7.85. The zero-order chi connectivity index (χ0) is 13.9. The van der Waals surface area contributed by atoms with Gasteiger partial charge in [-0.1, -0.05) is 0 Å². The summed E-state index contributed by atoms with van der Waals surface area (Å²) in [6.07, 6.45) is 0. The van der Waals surface area contributed by atoms with Crippen molar-refractivity contribution < 1.29 is 23.2 Å². The quantitative estimate of drug-likeness (QED) is 0.444. The highest BCUT2D eigenvalue weighted by atomic mass is 32.2. The molecule has 0 bridgehead atoms. The summed E-state index contributed by atoms with van der Waals surface area (Å²) in [6, 6.07) is 0. The summed E-state index contributed by atoms with van der Waals surface area (Å²) >= 11 is 0. The number of hydrogen-bond donors (Lipinski definition) is 4. The number of aryl methyl sites for hydroxylation is 2. The molecule has 1 heterocycles. The van der Waals surface area contributed by atoms with Crippen LogP contribution in [0.5, 0.6) is 11.5 Å². The van der Waals surface area contributed by atoms with Gasteiger partial charge in [0, 0.05) is 13.1 Å². The van der Waals surface area contributed by atoms with Crippen molar-refractivity contribution in [3.63, 3.8) is 0 Å². The SMILES string of the molecule is Cc1nc(C)c(O)c(CNCCS(=O)(=O)O)c1O. The minimum atomic E-state index is -4.01. The molecule has 0 atom stereocenters. The van der Waals surface area contributed by atoms with Gasteiger partial charge >= 0.3 is 0 Å². The highest BCUT2D eigenvalue weighted by Gasteiger charge is 2.14. The third-order valence-electron chi connectivity index (χ3n) is 2.43. The first-order valence-corrected chi connectivity index (χ1v) is 6.87. The largest absolute Gasteiger partial charge is 0.506 e. The van der Waals surface area contributed by atoms with Crippen molar-refractivity contribution in [2.75, 3.05) is 12.3 Å². The van der Waals surface area contributed by atoms with Crippen LogP contribution in [-0.2, 0) is 16.7 Å². The molecule has 0 unspecified atom stereocenters. The molecular formula is C10H16N2O5S. The van der Waals surface area contributed by atoms with Crippen LogP contribution in [0.1, 0.15) is 17.0 Å². The normalized spacial score (nSPS) is 11.7. The number of aromatic nitrogens is 1. The first-order valence-electron chi connectivity index (χ1n) is 5.26. The maximum absolute atomic E-state index is 10.5. The van der Waals surface area contributed by atoms with E-state index in [2.05, 4.69) is 10.3 Å². The number of pyridine rings is 1. The Labute approximate surface area is 105 Å². The van der Waals surface area contributed by atoms with Crippen LogP contribution in [0.4, 0.5) is 0 Å². The van der Waals surface area contributed by atoms with Gasteiger partial charge in [0.1, 0.15) is 11.5 Å². The van der Waals surface area contributed by atoms with Crippen LogP contribution >= 0.6 is 0 Å². The number of nitrogens with zero attached hydrogens (tertiary/aromatic N) is 1. The predicted molar refractivity (Wildman–Crippen MR) is 65.2 cm³/mol. The molecule has 1 aromatic heterocycles. The first kappa shape index (κ1) is 14.7. The fraction of sp³-hybridized carbons (Fsp3) is 0.500. The highest BCUT2D eigenvalue weighted by Crippen LogP contribution is 2.30. The van der Waals surface area contributed by atoms with Crippen molar-refractivity contribution in [2.24, 2.45) is 0 Å². The van der Waals surface area contributed by atoms with Gasteiger partial charge in [0.2, 0.25) is 0 Å². The fourth-order valence-corrected chi connectivity index (χ4v) is 1.89. The molecule has 0 aliphatic rings. The van der Waals surface area contributed by atoms with Gasteiger partial charge in [-0.2, -0.15) is 8.42 Å². The third kappa shape index (κ3) is 3.83. The number of aromatic hydroxyl groups is 2. The van der Waals surface area contributed by atoms with Crippen LogP contribution in [0.25, 0.3) is 0 Å². The Balaban J connectivity index is 2.74. The molecular weight excluding hydrogens is 260 g/mol. The van der Waals surface area contributed by atoms with Crippen molar-refractivity contribution >= 4 is 10.1 Å². The van der Waals surface area contributed by atoms with Crippen molar-refractivity contribution in [1.82, 2.24) is 10.3 Å². The molecule has 1 aromatic rings. The Morgan fingerprint density at radius 3 is 2.11 bits per heavy atom. The maximum atomic E-state index is 10.5. The molecule has 0 amide bonds. The van der Waals surface area contributed by atoms with Gasteiger partial charge in [0.15, 0.2) is 0 Å². The van der Waals surface area contributed by atoms with Gasteiger partial charge in [-0.15, -0.1) is 0 Å². The summed E-state index contributed by atoms with van der Waals surface area (Å²) in [5.41, 5.74) is 1.03. The van der Waals surface area contributed by atoms with Crippen molar-refractivity contribution in [1.29, 1.82) is 0 Å². The van der Waals surface area contributed by atoms with E-state index in [1.807, 2.05) is 0 Å². The lowest BCUT2D eigenvalue weighted by Crippen LogP contribution is -2.22. The van der Waals surface area contributed by atoms with E-state index in [-0.39, 0.29) is 30.2 Å². The van der Waals surface area contributed by atoms with E-state index in [4.69, 9.17) is 4.55 Å². The van der Waals surface area contributed by atoms with Gasteiger partial charge in [-0.25, -0.2) is 0 Å². The first-order chi connectivity index (χ1) is 8.22. The molecule has 0 aliphatic heterocycles. The molecule has 0 aliphatic carbocycles. The zero-order valence-electron chi connectivity index (χ0n) is 10.1. The minimum absolute atomic E-state index is 0.0120. The monoisotopic (exact) mass is 276 g/mol. The molecule has 0 fully saturated rings. The van der Waals surface area contributed by atoms with E-state index in [1.165, 1.54) is 0 Å².